The van der Waals surface area contributed by atoms with Crippen molar-refractivity contribution in [2.24, 2.45) is 0 Å². The fourth-order valence-corrected chi connectivity index (χ4v) is 5.56. The summed E-state index contributed by atoms with van der Waals surface area (Å²) in [7, 11) is 0. The maximum atomic E-state index is 13.5. The van der Waals surface area contributed by atoms with E-state index < -0.39 is 37.1 Å². The quantitative estimate of drug-likeness (QED) is 0.574. The van der Waals surface area contributed by atoms with Crippen molar-refractivity contribution in [2.45, 2.75) is 49.8 Å². The Bertz CT molecular complexity index is 1220. The highest BCUT2D eigenvalue weighted by molar-refractivity contribution is 5.99. The first-order valence-corrected chi connectivity index (χ1v) is 12.0. The average molecular weight is 472 g/mol. The summed E-state index contributed by atoms with van der Waals surface area (Å²) in [5.74, 6) is -0.0693. The predicted molar refractivity (Wildman–Crippen MR) is 124 cm³/mol. The van der Waals surface area contributed by atoms with Crippen LogP contribution < -0.4 is 0 Å². The third kappa shape index (κ3) is 3.51. The van der Waals surface area contributed by atoms with E-state index in [0.29, 0.717) is 18.8 Å². The highest BCUT2D eigenvalue weighted by atomic mass is 16.8. The molecule has 178 valence electrons. The number of carbonyl (C=O) groups is 1. The molecule has 3 aromatic carbocycles. The van der Waals surface area contributed by atoms with E-state index in [1.54, 1.807) is 4.90 Å². The van der Waals surface area contributed by atoms with E-state index in [0.717, 1.165) is 16.7 Å². The highest BCUT2D eigenvalue weighted by Crippen LogP contribution is 2.49. The minimum Gasteiger partial charge on any atom is -0.346 e. The predicted octanol–water partition coefficient (Wildman–Crippen LogP) is 3.96. The lowest BCUT2D eigenvalue weighted by Gasteiger charge is -2.47. The summed E-state index contributed by atoms with van der Waals surface area (Å²) in [6.07, 6.45) is -2.87. The van der Waals surface area contributed by atoms with Crippen LogP contribution in [0, 0.1) is 0 Å². The molecule has 0 saturated carbocycles. The molecule has 7 rings (SSSR count). The number of rotatable bonds is 4. The Kier molecular flexibility index (Phi) is 5.19. The van der Waals surface area contributed by atoms with Crippen LogP contribution >= 0.6 is 0 Å². The molecule has 4 aliphatic rings. The fourth-order valence-electron chi connectivity index (χ4n) is 5.56. The van der Waals surface area contributed by atoms with Gasteiger partial charge in [0.15, 0.2) is 18.8 Å². The topological polar surface area (TPSA) is 66.5 Å². The van der Waals surface area contributed by atoms with Crippen LogP contribution in [-0.2, 0) is 30.3 Å². The molecule has 3 fully saturated rings. The van der Waals surface area contributed by atoms with Crippen LogP contribution in [-0.4, -0.2) is 48.1 Å². The van der Waals surface area contributed by atoms with E-state index in [9.17, 15) is 4.79 Å². The fraction of sp³-hybridized carbons (Fsp3) is 0.321. The number of amides is 1. The number of carbonyl (C=O) groups excluding carboxylic acids is 1. The standard InChI is InChI=1S/C28H25NO6/c30-25-19-13-7-8-14-20(19)26-29(25)22-24(34-26)23-21(16-32-27(35-23)18-11-5-2-6-12-18)33-28(22)31-15-17-9-3-1-4-10-17/h1-14,21-24,26-28H,15-16H2/t21-,22-,23-,24+,26-,27?,28-/m1/s1. The zero-order chi connectivity index (χ0) is 23.4. The summed E-state index contributed by atoms with van der Waals surface area (Å²) in [4.78, 5) is 15.2. The normalized spacial score (nSPS) is 33.1. The molecule has 7 atom stereocenters. The molecule has 4 aliphatic heterocycles. The number of benzene rings is 3. The molecule has 1 amide bonds. The molecular weight excluding hydrogens is 446 g/mol. The molecule has 0 bridgehead atoms. The van der Waals surface area contributed by atoms with Gasteiger partial charge in [0.05, 0.1) is 13.2 Å². The summed E-state index contributed by atoms with van der Waals surface area (Å²) in [5, 5.41) is 0. The second-order valence-corrected chi connectivity index (χ2v) is 9.26. The summed E-state index contributed by atoms with van der Waals surface area (Å²) in [6, 6.07) is 26.9. The van der Waals surface area contributed by atoms with Gasteiger partial charge in [-0.3, -0.25) is 9.69 Å². The monoisotopic (exact) mass is 471 g/mol. The number of ether oxygens (including phenoxy) is 5. The van der Waals surface area contributed by atoms with Crippen LogP contribution in [0.15, 0.2) is 84.9 Å². The minimum absolute atomic E-state index is 0.0693. The third-order valence-electron chi connectivity index (χ3n) is 7.19. The van der Waals surface area contributed by atoms with Gasteiger partial charge in [0, 0.05) is 16.7 Å². The van der Waals surface area contributed by atoms with Crippen LogP contribution in [0.5, 0.6) is 0 Å². The number of fused-ring (bicyclic) bond motifs is 7. The van der Waals surface area contributed by atoms with Crippen molar-refractivity contribution >= 4 is 5.91 Å². The van der Waals surface area contributed by atoms with Crippen molar-refractivity contribution in [3.8, 4) is 0 Å². The molecule has 0 aliphatic carbocycles. The molecule has 7 heteroatoms. The van der Waals surface area contributed by atoms with Crippen LogP contribution in [0.3, 0.4) is 0 Å². The molecule has 0 radical (unpaired) electrons. The molecular formula is C28H25NO6. The van der Waals surface area contributed by atoms with Crippen molar-refractivity contribution in [3.05, 3.63) is 107 Å². The van der Waals surface area contributed by atoms with Gasteiger partial charge in [0.1, 0.15) is 24.4 Å². The van der Waals surface area contributed by atoms with Crippen molar-refractivity contribution in [2.75, 3.05) is 6.61 Å². The summed E-state index contributed by atoms with van der Waals surface area (Å²) < 4.78 is 31.7. The van der Waals surface area contributed by atoms with E-state index in [2.05, 4.69) is 0 Å². The zero-order valence-corrected chi connectivity index (χ0v) is 18.9. The third-order valence-corrected chi connectivity index (χ3v) is 7.19. The van der Waals surface area contributed by atoms with Crippen molar-refractivity contribution in [3.63, 3.8) is 0 Å². The van der Waals surface area contributed by atoms with E-state index in [1.165, 1.54) is 0 Å². The first-order valence-electron chi connectivity index (χ1n) is 12.0. The average Bonchev–Trinajstić information content (AvgIpc) is 3.45. The van der Waals surface area contributed by atoms with E-state index in [-0.39, 0.29) is 12.0 Å². The number of nitrogens with zero attached hydrogens (tertiary/aromatic N) is 1. The second kappa shape index (κ2) is 8.55. The van der Waals surface area contributed by atoms with Gasteiger partial charge in [0.2, 0.25) is 0 Å². The number of hydrogen-bond acceptors (Lipinski definition) is 6. The van der Waals surface area contributed by atoms with Gasteiger partial charge < -0.3 is 23.7 Å². The summed E-state index contributed by atoms with van der Waals surface area (Å²) in [5.41, 5.74) is 3.50. The first-order chi connectivity index (χ1) is 17.3. The molecule has 1 unspecified atom stereocenters. The summed E-state index contributed by atoms with van der Waals surface area (Å²) in [6.45, 7) is 0.706. The van der Waals surface area contributed by atoms with Gasteiger partial charge in [0.25, 0.3) is 5.91 Å². The van der Waals surface area contributed by atoms with Gasteiger partial charge in [-0.2, -0.15) is 0 Å². The Balaban J connectivity index is 1.21. The molecule has 3 saturated heterocycles. The smallest absolute Gasteiger partial charge is 0.257 e. The van der Waals surface area contributed by atoms with Gasteiger partial charge in [-0.05, 0) is 11.6 Å². The lowest BCUT2D eigenvalue weighted by atomic mass is 9.95. The molecule has 0 aromatic heterocycles. The van der Waals surface area contributed by atoms with Crippen molar-refractivity contribution in [1.29, 1.82) is 0 Å². The largest absolute Gasteiger partial charge is 0.346 e. The Morgan fingerprint density at radius 1 is 0.829 bits per heavy atom. The molecule has 3 aromatic rings. The lowest BCUT2D eigenvalue weighted by molar-refractivity contribution is -0.342. The minimum atomic E-state index is -0.676. The van der Waals surface area contributed by atoms with Crippen LogP contribution in [0.25, 0.3) is 0 Å². The highest BCUT2D eigenvalue weighted by Gasteiger charge is 2.62. The van der Waals surface area contributed by atoms with Crippen LogP contribution in [0.4, 0.5) is 0 Å². The first kappa shape index (κ1) is 21.2. The molecule has 35 heavy (non-hydrogen) atoms. The van der Waals surface area contributed by atoms with Crippen molar-refractivity contribution < 1.29 is 28.5 Å². The van der Waals surface area contributed by atoms with Gasteiger partial charge in [-0.25, -0.2) is 0 Å². The Morgan fingerprint density at radius 2 is 1.57 bits per heavy atom. The maximum absolute atomic E-state index is 13.5. The second-order valence-electron chi connectivity index (χ2n) is 9.26. The summed E-state index contributed by atoms with van der Waals surface area (Å²) >= 11 is 0. The van der Waals surface area contributed by atoms with E-state index in [4.69, 9.17) is 23.7 Å². The Labute approximate surface area is 203 Å². The van der Waals surface area contributed by atoms with Crippen LogP contribution in [0.1, 0.15) is 39.6 Å². The van der Waals surface area contributed by atoms with E-state index in [1.807, 2.05) is 84.9 Å². The molecule has 0 spiro atoms. The molecule has 7 nitrogen and oxygen atoms in total. The SMILES string of the molecule is O=C1c2ccccc2[C@H]2O[C@@H]3[C@@H]4OC(c5ccccc5)OC[C@H]4O[C@@H](OCc4ccccc4)[C@@H]3N12. The molecule has 4 heterocycles. The van der Waals surface area contributed by atoms with Gasteiger partial charge in [-0.1, -0.05) is 78.9 Å². The lowest BCUT2D eigenvalue weighted by Crippen LogP contribution is -2.63. The molecule has 0 N–H and O–H groups in total. The van der Waals surface area contributed by atoms with Gasteiger partial charge >= 0.3 is 0 Å². The Hall–Kier alpha value is -3.07. The van der Waals surface area contributed by atoms with Crippen LogP contribution in [0.2, 0.25) is 0 Å². The maximum Gasteiger partial charge on any atom is 0.257 e. The van der Waals surface area contributed by atoms with Gasteiger partial charge in [-0.15, -0.1) is 0 Å². The Morgan fingerprint density at radius 3 is 2.40 bits per heavy atom. The number of hydrogen-bond donors (Lipinski definition) is 0. The zero-order valence-electron chi connectivity index (χ0n) is 18.9. The van der Waals surface area contributed by atoms with E-state index >= 15 is 0 Å². The van der Waals surface area contributed by atoms with Crippen molar-refractivity contribution in [1.82, 2.24) is 4.90 Å².